The fraction of sp³-hybridized carbons (Fsp3) is 0. The topological polar surface area (TPSA) is 42.4 Å². The number of anilines is 3. The quantitative estimate of drug-likeness (QED) is 0.161. The zero-order chi connectivity index (χ0) is 39.6. The highest BCUT2D eigenvalue weighted by atomic mass is 32.1. The second-order valence-electron chi connectivity index (χ2n) is 15.1. The van der Waals surface area contributed by atoms with Crippen LogP contribution in [0.4, 0.5) is 17.1 Å². The Bertz CT molecular complexity index is 3530. The Morgan fingerprint density at radius 3 is 1.77 bits per heavy atom. The van der Waals surface area contributed by atoms with E-state index in [4.69, 9.17) is 13.8 Å². The third kappa shape index (κ3) is 5.86. The molecule has 12 aromatic rings. The minimum Gasteiger partial charge on any atom is -0.456 e. The van der Waals surface area contributed by atoms with Gasteiger partial charge in [0.15, 0.2) is 5.58 Å². The smallest absolute Gasteiger partial charge is 0.227 e. The van der Waals surface area contributed by atoms with Gasteiger partial charge in [0.05, 0.1) is 0 Å². The molecule has 0 aliphatic carbocycles. The van der Waals surface area contributed by atoms with Crippen LogP contribution in [0.3, 0.4) is 0 Å². The second-order valence-corrected chi connectivity index (χ2v) is 16.2. The van der Waals surface area contributed by atoms with Gasteiger partial charge >= 0.3 is 0 Å². The molecule has 0 atom stereocenters. The fourth-order valence-corrected chi connectivity index (χ4v) is 9.73. The number of hydrogen-bond donors (Lipinski definition) is 0. The largest absolute Gasteiger partial charge is 0.456 e. The summed E-state index contributed by atoms with van der Waals surface area (Å²) in [5.74, 6) is 0.602. The molecule has 0 spiro atoms. The van der Waals surface area contributed by atoms with Crippen LogP contribution >= 0.6 is 11.3 Å². The first-order valence-electron chi connectivity index (χ1n) is 20.1. The molecule has 282 valence electrons. The van der Waals surface area contributed by atoms with Crippen molar-refractivity contribution < 1.29 is 8.83 Å². The summed E-state index contributed by atoms with van der Waals surface area (Å²) < 4.78 is 15.1. The van der Waals surface area contributed by atoms with Gasteiger partial charge in [-0.25, -0.2) is 4.98 Å². The fourth-order valence-electron chi connectivity index (χ4n) is 8.59. The molecule has 12 rings (SSSR count). The summed E-state index contributed by atoms with van der Waals surface area (Å²) in [6, 6.07) is 73.1. The molecule has 3 aromatic heterocycles. The van der Waals surface area contributed by atoms with Crippen LogP contribution in [0.1, 0.15) is 0 Å². The van der Waals surface area contributed by atoms with Crippen molar-refractivity contribution in [2.24, 2.45) is 0 Å². The summed E-state index contributed by atoms with van der Waals surface area (Å²) in [6.45, 7) is 0. The van der Waals surface area contributed by atoms with Crippen molar-refractivity contribution in [1.82, 2.24) is 4.98 Å². The molecule has 60 heavy (non-hydrogen) atoms. The third-order valence-electron chi connectivity index (χ3n) is 11.5. The van der Waals surface area contributed by atoms with E-state index in [1.165, 1.54) is 42.4 Å². The van der Waals surface area contributed by atoms with Gasteiger partial charge in [0, 0.05) is 59.6 Å². The number of thiophene rings is 1. The van der Waals surface area contributed by atoms with Crippen LogP contribution in [0.15, 0.2) is 215 Å². The average molecular weight is 787 g/mol. The zero-order valence-corrected chi connectivity index (χ0v) is 33.1. The lowest BCUT2D eigenvalue weighted by Gasteiger charge is -2.26. The van der Waals surface area contributed by atoms with Crippen molar-refractivity contribution in [2.45, 2.75) is 0 Å². The Balaban J connectivity index is 0.938. The lowest BCUT2D eigenvalue weighted by molar-refractivity contribution is 0.617. The van der Waals surface area contributed by atoms with E-state index in [-0.39, 0.29) is 0 Å². The number of benzene rings is 9. The Hall–Kier alpha value is -7.73. The van der Waals surface area contributed by atoms with E-state index in [0.717, 1.165) is 61.2 Å². The predicted molar refractivity (Wildman–Crippen MR) is 251 cm³/mol. The lowest BCUT2D eigenvalue weighted by Crippen LogP contribution is -2.10. The molecule has 0 amide bonds. The van der Waals surface area contributed by atoms with Crippen LogP contribution in [0.5, 0.6) is 0 Å². The molecule has 0 N–H and O–H groups in total. The molecule has 0 unspecified atom stereocenters. The van der Waals surface area contributed by atoms with Crippen LogP contribution in [0, 0.1) is 0 Å². The maximum absolute atomic E-state index is 6.34. The summed E-state index contributed by atoms with van der Waals surface area (Å²) in [4.78, 5) is 7.18. The van der Waals surface area contributed by atoms with Gasteiger partial charge in [-0.05, 0) is 112 Å². The molecule has 9 aromatic carbocycles. The second kappa shape index (κ2) is 14.0. The molecule has 0 saturated heterocycles. The van der Waals surface area contributed by atoms with E-state index in [0.29, 0.717) is 11.5 Å². The van der Waals surface area contributed by atoms with E-state index < -0.39 is 0 Å². The van der Waals surface area contributed by atoms with Crippen LogP contribution in [-0.2, 0) is 0 Å². The molecule has 0 fully saturated rings. The third-order valence-corrected chi connectivity index (χ3v) is 12.6. The van der Waals surface area contributed by atoms with Crippen molar-refractivity contribution in [2.75, 3.05) is 4.90 Å². The van der Waals surface area contributed by atoms with E-state index >= 15 is 0 Å². The highest BCUT2D eigenvalue weighted by molar-refractivity contribution is 7.25. The molecule has 4 nitrogen and oxygen atoms in total. The molecule has 0 aliphatic rings. The highest BCUT2D eigenvalue weighted by Gasteiger charge is 2.18. The number of hydrogen-bond acceptors (Lipinski definition) is 5. The summed E-state index contributed by atoms with van der Waals surface area (Å²) in [6.07, 6.45) is 0. The molecule has 0 radical (unpaired) electrons. The van der Waals surface area contributed by atoms with Crippen molar-refractivity contribution in [3.63, 3.8) is 0 Å². The molecule has 5 heteroatoms. The van der Waals surface area contributed by atoms with Crippen molar-refractivity contribution in [3.8, 4) is 44.8 Å². The number of furan rings is 1. The molecule has 3 heterocycles. The summed E-state index contributed by atoms with van der Waals surface area (Å²) in [5, 5.41) is 4.67. The van der Waals surface area contributed by atoms with Gasteiger partial charge in [-0.1, -0.05) is 121 Å². The number of aromatic nitrogens is 1. The van der Waals surface area contributed by atoms with Gasteiger partial charge in [0.1, 0.15) is 16.7 Å². The lowest BCUT2D eigenvalue weighted by atomic mass is 9.98. The van der Waals surface area contributed by atoms with E-state index in [2.05, 4.69) is 175 Å². The number of fused-ring (bicyclic) bond motifs is 7. The molecule has 0 saturated carbocycles. The Morgan fingerprint density at radius 2 is 0.983 bits per heavy atom. The predicted octanol–water partition coefficient (Wildman–Crippen LogP) is 16.2. The van der Waals surface area contributed by atoms with Crippen molar-refractivity contribution in [1.29, 1.82) is 0 Å². The SMILES string of the molecule is c1ccc(-c2ccc(N(c3ccc(-c4ccc5oc6cc7oc(-c8ccccc8)nc7cc6c5c4)cc3)c3cccc(-c4cccc5sc6ccccc6c45)c3)cc2)cc1. The van der Waals surface area contributed by atoms with Crippen LogP contribution in [0.25, 0.3) is 98.0 Å². The summed E-state index contributed by atoms with van der Waals surface area (Å²) in [5.41, 5.74) is 14.3. The van der Waals surface area contributed by atoms with Crippen molar-refractivity contribution in [3.05, 3.63) is 206 Å². The molecular weight excluding hydrogens is 753 g/mol. The molecular formula is C55H34N2O2S. The Morgan fingerprint density at radius 1 is 0.367 bits per heavy atom. The van der Waals surface area contributed by atoms with Gasteiger partial charge in [-0.15, -0.1) is 11.3 Å². The minimum absolute atomic E-state index is 0.602. The van der Waals surface area contributed by atoms with Crippen LogP contribution in [-0.4, -0.2) is 4.98 Å². The van der Waals surface area contributed by atoms with Crippen LogP contribution < -0.4 is 4.90 Å². The monoisotopic (exact) mass is 786 g/mol. The Labute approximate surface area is 349 Å². The van der Waals surface area contributed by atoms with Gasteiger partial charge in [-0.2, -0.15) is 0 Å². The number of oxazole rings is 1. The molecule has 0 bridgehead atoms. The number of rotatable bonds is 7. The van der Waals surface area contributed by atoms with Gasteiger partial charge in [0.2, 0.25) is 5.89 Å². The summed E-state index contributed by atoms with van der Waals surface area (Å²) >= 11 is 1.85. The van der Waals surface area contributed by atoms with E-state index in [1.807, 2.05) is 47.7 Å². The maximum atomic E-state index is 6.34. The van der Waals surface area contributed by atoms with E-state index in [9.17, 15) is 0 Å². The first-order valence-corrected chi connectivity index (χ1v) is 20.9. The highest BCUT2D eigenvalue weighted by Crippen LogP contribution is 2.43. The first-order chi connectivity index (χ1) is 29.7. The number of nitrogens with zero attached hydrogens (tertiary/aromatic N) is 2. The summed E-state index contributed by atoms with van der Waals surface area (Å²) in [7, 11) is 0. The van der Waals surface area contributed by atoms with Crippen LogP contribution in [0.2, 0.25) is 0 Å². The average Bonchev–Trinajstić information content (AvgIpc) is 4.02. The van der Waals surface area contributed by atoms with Gasteiger partial charge in [0.25, 0.3) is 0 Å². The first kappa shape index (κ1) is 34.3. The standard InChI is InChI=1S/C55H34N2O2S/c1-3-11-35(12-4-1)36-21-26-41(27-22-36)57(43-16-9-15-40(31-43)44-18-10-20-53-54(44)45-17-7-8-19-52(45)60-53)42-28-23-37(24-29-42)39-25-30-49-46(32-39)47-33-48-51(34-50(47)58-49)59-55(56-48)38-13-5-2-6-14-38/h1-34H. The normalized spacial score (nSPS) is 11.7. The zero-order valence-electron chi connectivity index (χ0n) is 32.2. The van der Waals surface area contributed by atoms with Gasteiger partial charge < -0.3 is 13.7 Å². The van der Waals surface area contributed by atoms with Gasteiger partial charge in [-0.3, -0.25) is 0 Å². The minimum atomic E-state index is 0.602. The maximum Gasteiger partial charge on any atom is 0.227 e. The van der Waals surface area contributed by atoms with Crippen molar-refractivity contribution >= 4 is 81.6 Å². The molecule has 0 aliphatic heterocycles. The Kier molecular flexibility index (Phi) is 8.00. The van der Waals surface area contributed by atoms with E-state index in [1.54, 1.807) is 0 Å².